The molecule has 2 saturated heterocycles. The summed E-state index contributed by atoms with van der Waals surface area (Å²) in [6, 6.07) is 0. The van der Waals surface area contributed by atoms with Crippen molar-refractivity contribution in [3.63, 3.8) is 0 Å². The number of nitrogens with zero attached hydrogens (tertiary/aromatic N) is 1. The molecule has 0 spiro atoms. The molecule has 0 aromatic carbocycles. The molecule has 6 heteroatoms. The minimum absolute atomic E-state index is 0.146. The maximum absolute atomic E-state index is 12.1. The van der Waals surface area contributed by atoms with E-state index in [1.807, 2.05) is 27.7 Å². The maximum atomic E-state index is 12.1. The van der Waals surface area contributed by atoms with Crippen molar-refractivity contribution in [2.24, 2.45) is 5.41 Å². The van der Waals surface area contributed by atoms with Gasteiger partial charge in [0.15, 0.2) is 12.6 Å². The molecule has 0 saturated carbocycles. The van der Waals surface area contributed by atoms with Gasteiger partial charge in [-0.3, -0.25) is 0 Å². The van der Waals surface area contributed by atoms with Crippen LogP contribution in [0.25, 0.3) is 0 Å². The number of ether oxygens (including phenoxy) is 4. The quantitative estimate of drug-likeness (QED) is 0.801. The Balaban J connectivity index is 1.92. The lowest BCUT2D eigenvalue weighted by Gasteiger charge is -2.50. The molecule has 2 rings (SSSR count). The van der Waals surface area contributed by atoms with E-state index in [2.05, 4.69) is 0 Å². The molecule has 21 heavy (non-hydrogen) atoms. The molecule has 0 atom stereocenters. The molecule has 0 bridgehead atoms. The van der Waals surface area contributed by atoms with E-state index in [0.717, 1.165) is 12.8 Å². The van der Waals surface area contributed by atoms with Crippen LogP contribution in [0.1, 0.15) is 40.5 Å². The van der Waals surface area contributed by atoms with Gasteiger partial charge in [0.1, 0.15) is 5.60 Å². The van der Waals surface area contributed by atoms with Crippen LogP contribution >= 0.6 is 0 Å². The number of likely N-dealkylation sites (tertiary alicyclic amines) is 1. The molecule has 0 N–H and O–H groups in total. The van der Waals surface area contributed by atoms with Crippen molar-refractivity contribution in [3.8, 4) is 0 Å². The van der Waals surface area contributed by atoms with Crippen molar-refractivity contribution in [2.75, 3.05) is 26.8 Å². The van der Waals surface area contributed by atoms with E-state index in [0.29, 0.717) is 19.7 Å². The third kappa shape index (κ3) is 3.87. The molecule has 0 aromatic heterocycles. The smallest absolute Gasteiger partial charge is 0.410 e. The van der Waals surface area contributed by atoms with E-state index in [1.165, 1.54) is 0 Å². The lowest BCUT2D eigenvalue weighted by atomic mass is 9.77. The summed E-state index contributed by atoms with van der Waals surface area (Å²) in [4.78, 5) is 13.8. The molecule has 2 aliphatic rings. The number of rotatable bonds is 3. The Morgan fingerprint density at radius 3 is 2.29 bits per heavy atom. The number of carbonyl (C=O) groups is 1. The van der Waals surface area contributed by atoms with Gasteiger partial charge in [-0.25, -0.2) is 4.79 Å². The van der Waals surface area contributed by atoms with E-state index in [4.69, 9.17) is 18.9 Å². The second-order valence-electron chi connectivity index (χ2n) is 6.93. The third-order valence-corrected chi connectivity index (χ3v) is 3.97. The maximum Gasteiger partial charge on any atom is 0.410 e. The van der Waals surface area contributed by atoms with Crippen LogP contribution in [0.4, 0.5) is 4.79 Å². The van der Waals surface area contributed by atoms with Gasteiger partial charge in [-0.15, -0.1) is 0 Å². The molecular formula is C15H27NO5. The summed E-state index contributed by atoms with van der Waals surface area (Å²) in [7, 11) is 1.68. The van der Waals surface area contributed by atoms with Crippen LogP contribution < -0.4 is 0 Å². The zero-order valence-electron chi connectivity index (χ0n) is 13.7. The normalized spacial score (nSPS) is 28.9. The second kappa shape index (κ2) is 6.10. The van der Waals surface area contributed by atoms with Crippen molar-refractivity contribution in [1.82, 2.24) is 4.90 Å². The van der Waals surface area contributed by atoms with E-state index >= 15 is 0 Å². The van der Waals surface area contributed by atoms with Crippen LogP contribution in [-0.2, 0) is 18.9 Å². The topological polar surface area (TPSA) is 57.2 Å². The molecule has 2 heterocycles. The van der Waals surface area contributed by atoms with E-state index < -0.39 is 5.60 Å². The van der Waals surface area contributed by atoms with Crippen LogP contribution in [0.5, 0.6) is 0 Å². The zero-order valence-corrected chi connectivity index (χ0v) is 13.7. The van der Waals surface area contributed by atoms with E-state index in [9.17, 15) is 4.79 Å². The number of piperidine rings is 1. The summed E-state index contributed by atoms with van der Waals surface area (Å²) in [5.74, 6) is 0. The Morgan fingerprint density at radius 1 is 1.29 bits per heavy atom. The number of hydrogen-bond donors (Lipinski definition) is 0. The molecule has 6 nitrogen and oxygen atoms in total. The lowest BCUT2D eigenvalue weighted by Crippen LogP contribution is -2.57. The molecular weight excluding hydrogens is 274 g/mol. The Labute approximate surface area is 126 Å². The summed E-state index contributed by atoms with van der Waals surface area (Å²) in [5.41, 5.74) is -0.631. The monoisotopic (exact) mass is 301 g/mol. The highest BCUT2D eigenvalue weighted by Gasteiger charge is 2.49. The first kappa shape index (κ1) is 16.5. The first-order valence-electron chi connectivity index (χ1n) is 7.53. The summed E-state index contributed by atoms with van der Waals surface area (Å²) in [5, 5.41) is 0. The molecule has 122 valence electrons. The minimum atomic E-state index is -0.465. The van der Waals surface area contributed by atoms with Gasteiger partial charge in [-0.1, -0.05) is 0 Å². The fourth-order valence-corrected chi connectivity index (χ4v) is 2.84. The standard InChI is InChI=1S/C15H27NO5/c1-11-19-12(20-11)15(10-18-5)6-8-16(9-7-15)13(17)21-14(2,3)4/h11-12H,6-10H2,1-5H3. The molecule has 2 fully saturated rings. The summed E-state index contributed by atoms with van der Waals surface area (Å²) in [6.07, 6.45) is 0.952. The predicted octanol–water partition coefficient (Wildman–Crippen LogP) is 2.37. The number of carbonyl (C=O) groups excluding carboxylic acids is 1. The zero-order chi connectivity index (χ0) is 15.7. The summed E-state index contributed by atoms with van der Waals surface area (Å²) < 4.78 is 22.1. The van der Waals surface area contributed by atoms with Gasteiger partial charge in [0.2, 0.25) is 0 Å². The van der Waals surface area contributed by atoms with Crippen LogP contribution in [0.3, 0.4) is 0 Å². The second-order valence-corrected chi connectivity index (χ2v) is 6.93. The number of hydrogen-bond acceptors (Lipinski definition) is 5. The molecule has 0 aliphatic carbocycles. The highest BCUT2D eigenvalue weighted by atomic mass is 16.9. The summed E-state index contributed by atoms with van der Waals surface area (Å²) in [6.45, 7) is 9.36. The predicted molar refractivity (Wildman–Crippen MR) is 76.8 cm³/mol. The van der Waals surface area contributed by atoms with Gasteiger partial charge in [0.25, 0.3) is 0 Å². The van der Waals surface area contributed by atoms with Crippen molar-refractivity contribution in [3.05, 3.63) is 0 Å². The fourth-order valence-electron chi connectivity index (χ4n) is 2.84. The number of methoxy groups -OCH3 is 1. The van der Waals surface area contributed by atoms with Gasteiger partial charge < -0.3 is 23.8 Å². The number of amides is 1. The first-order chi connectivity index (χ1) is 9.76. The highest BCUT2D eigenvalue weighted by Crippen LogP contribution is 2.42. The van der Waals surface area contributed by atoms with Crippen molar-refractivity contribution >= 4 is 6.09 Å². The van der Waals surface area contributed by atoms with Gasteiger partial charge in [0.05, 0.1) is 6.61 Å². The van der Waals surface area contributed by atoms with E-state index in [1.54, 1.807) is 12.0 Å². The lowest BCUT2D eigenvalue weighted by molar-refractivity contribution is -0.417. The van der Waals surface area contributed by atoms with Crippen LogP contribution in [0.15, 0.2) is 0 Å². The Morgan fingerprint density at radius 2 is 1.86 bits per heavy atom. The third-order valence-electron chi connectivity index (χ3n) is 3.97. The largest absolute Gasteiger partial charge is 0.444 e. The Kier molecular flexibility index (Phi) is 4.80. The summed E-state index contributed by atoms with van der Waals surface area (Å²) >= 11 is 0. The Hall–Kier alpha value is -0.850. The first-order valence-corrected chi connectivity index (χ1v) is 7.53. The van der Waals surface area contributed by atoms with Crippen molar-refractivity contribution < 1.29 is 23.7 Å². The average molecular weight is 301 g/mol. The van der Waals surface area contributed by atoms with Crippen LogP contribution in [0, 0.1) is 5.41 Å². The van der Waals surface area contributed by atoms with Crippen molar-refractivity contribution in [2.45, 2.75) is 58.7 Å². The Bertz CT molecular complexity index is 365. The van der Waals surface area contributed by atoms with Gasteiger partial charge in [0, 0.05) is 25.6 Å². The minimum Gasteiger partial charge on any atom is -0.444 e. The molecule has 2 aliphatic heterocycles. The SMILES string of the molecule is COCC1(C2OC(C)O2)CCN(C(=O)OC(C)(C)C)CC1. The van der Waals surface area contributed by atoms with Crippen LogP contribution in [0.2, 0.25) is 0 Å². The average Bonchev–Trinajstić information content (AvgIpc) is 2.34. The van der Waals surface area contributed by atoms with Crippen LogP contribution in [-0.4, -0.2) is 56.0 Å². The highest BCUT2D eigenvalue weighted by molar-refractivity contribution is 5.68. The van der Waals surface area contributed by atoms with Gasteiger partial charge in [-0.2, -0.15) is 0 Å². The van der Waals surface area contributed by atoms with E-state index in [-0.39, 0.29) is 24.1 Å². The van der Waals surface area contributed by atoms with Gasteiger partial charge >= 0.3 is 6.09 Å². The van der Waals surface area contributed by atoms with Crippen molar-refractivity contribution in [1.29, 1.82) is 0 Å². The van der Waals surface area contributed by atoms with Gasteiger partial charge in [-0.05, 0) is 40.5 Å². The fraction of sp³-hybridized carbons (Fsp3) is 0.933. The molecule has 0 unspecified atom stereocenters. The molecule has 0 radical (unpaired) electrons. The molecule has 0 aromatic rings. The molecule has 1 amide bonds.